The van der Waals surface area contributed by atoms with E-state index < -0.39 is 104 Å². The highest BCUT2D eigenvalue weighted by Crippen LogP contribution is 2.40. The van der Waals surface area contributed by atoms with Gasteiger partial charge in [0.25, 0.3) is 0 Å². The van der Waals surface area contributed by atoms with E-state index >= 15 is 0 Å². The van der Waals surface area contributed by atoms with Crippen molar-refractivity contribution in [3.8, 4) is 0 Å². The predicted molar refractivity (Wildman–Crippen MR) is 92.6 cm³/mol. The van der Waals surface area contributed by atoms with Gasteiger partial charge in [0.15, 0.2) is 23.3 Å². The molecule has 0 aliphatic rings. The van der Waals surface area contributed by atoms with E-state index in [1.54, 1.807) is 0 Å². The average molecular weight is 480 g/mol. The fraction of sp³-hybridized carbons (Fsp3) is 0.158. The lowest BCUT2D eigenvalue weighted by Gasteiger charge is -2.22. The summed E-state index contributed by atoms with van der Waals surface area (Å²) < 4.78 is 87.9. The van der Waals surface area contributed by atoms with Gasteiger partial charge in [-0.2, -0.15) is 0 Å². The van der Waals surface area contributed by atoms with Gasteiger partial charge in [-0.05, 0) is 6.42 Å². The lowest BCUT2D eigenvalue weighted by Crippen LogP contribution is -2.23. The molecule has 176 valence electrons. The minimum Gasteiger partial charge on any atom is -0.478 e. The van der Waals surface area contributed by atoms with Crippen molar-refractivity contribution < 1.29 is 65.9 Å². The van der Waals surface area contributed by atoms with Crippen molar-refractivity contribution in [1.29, 1.82) is 0 Å². The summed E-state index contributed by atoms with van der Waals surface area (Å²) in [4.78, 5) is 44.9. The monoisotopic (exact) mass is 480 g/mol. The third kappa shape index (κ3) is 3.83. The van der Waals surface area contributed by atoms with Gasteiger partial charge in [0, 0.05) is 17.0 Å². The second-order valence-corrected chi connectivity index (χ2v) is 6.39. The maximum Gasteiger partial charge on any atom is 0.339 e. The molecule has 2 aromatic rings. The zero-order valence-corrected chi connectivity index (χ0v) is 16.0. The first-order chi connectivity index (χ1) is 15.2. The molecule has 0 aliphatic heterocycles. The van der Waals surface area contributed by atoms with E-state index in [0.29, 0.717) is 0 Å². The molecule has 0 aromatic heterocycles. The van der Waals surface area contributed by atoms with E-state index in [0.717, 1.165) is 6.92 Å². The Morgan fingerprint density at radius 2 is 0.788 bits per heavy atom. The van der Waals surface area contributed by atoms with Crippen LogP contribution in [0, 0.1) is 34.9 Å². The van der Waals surface area contributed by atoms with Crippen LogP contribution < -0.4 is 0 Å². The summed E-state index contributed by atoms with van der Waals surface area (Å²) in [6.45, 7) is 0.954. The molecule has 14 heteroatoms. The molecular formula is C19H10F6O8. The van der Waals surface area contributed by atoms with Crippen LogP contribution in [0.5, 0.6) is 0 Å². The van der Waals surface area contributed by atoms with Crippen molar-refractivity contribution in [2.24, 2.45) is 0 Å². The molecule has 0 heterocycles. The number of halogens is 6. The van der Waals surface area contributed by atoms with Crippen LogP contribution in [0.4, 0.5) is 26.3 Å². The lowest BCUT2D eigenvalue weighted by atomic mass is 9.83. The van der Waals surface area contributed by atoms with E-state index in [1.165, 1.54) is 0 Å². The Kier molecular flexibility index (Phi) is 6.71. The molecule has 0 saturated heterocycles. The molecule has 0 aliphatic carbocycles. The van der Waals surface area contributed by atoms with E-state index in [1.807, 2.05) is 0 Å². The minimum absolute atomic E-state index is 0.836. The first-order valence-corrected chi connectivity index (χ1v) is 8.54. The number of carboxylic acid groups (broad SMARTS) is 4. The van der Waals surface area contributed by atoms with Crippen LogP contribution in [0.25, 0.3) is 0 Å². The number of benzene rings is 2. The molecule has 0 unspecified atom stereocenters. The van der Waals surface area contributed by atoms with Crippen LogP contribution in [-0.2, 0) is 0 Å². The third-order valence-electron chi connectivity index (χ3n) is 4.67. The third-order valence-corrected chi connectivity index (χ3v) is 4.67. The Morgan fingerprint density at radius 1 is 0.545 bits per heavy atom. The molecule has 0 saturated carbocycles. The Hall–Kier alpha value is -4.10. The van der Waals surface area contributed by atoms with Crippen molar-refractivity contribution in [1.82, 2.24) is 0 Å². The van der Waals surface area contributed by atoms with Crippen LogP contribution in [0.2, 0.25) is 0 Å². The van der Waals surface area contributed by atoms with Crippen LogP contribution in [-0.4, -0.2) is 44.3 Å². The molecule has 2 rings (SSSR count). The highest BCUT2D eigenvalue weighted by atomic mass is 19.2. The van der Waals surface area contributed by atoms with Gasteiger partial charge in [-0.15, -0.1) is 0 Å². The SMILES string of the molecule is CCC(c1c(F)c(F)c(C(=O)O)c(C(=O)O)c1F)c1c(F)c(F)c(C(=O)O)c(C(=O)O)c1F. The van der Waals surface area contributed by atoms with E-state index in [9.17, 15) is 45.5 Å². The van der Waals surface area contributed by atoms with Crippen molar-refractivity contribution >= 4 is 23.9 Å². The van der Waals surface area contributed by atoms with Gasteiger partial charge < -0.3 is 20.4 Å². The Balaban J connectivity index is 3.11. The zero-order valence-electron chi connectivity index (χ0n) is 16.0. The number of aromatic carboxylic acids is 4. The molecule has 0 fully saturated rings. The average Bonchev–Trinajstić information content (AvgIpc) is 2.70. The lowest BCUT2D eigenvalue weighted by molar-refractivity contribution is 0.0640. The van der Waals surface area contributed by atoms with E-state index in [2.05, 4.69) is 0 Å². The fourth-order valence-corrected chi connectivity index (χ4v) is 3.32. The standard InChI is InChI=1S/C19H10F6O8/c1-2-3(4-10(20)6(16(26)27)8(18(30)31)14(24)12(4)22)5-11(21)7(17(28)29)9(19(32)33)15(25)13(5)23/h3H,2H2,1H3,(H,26,27)(H,28,29)(H,30,31)(H,32,33). The molecule has 4 N–H and O–H groups in total. The summed E-state index contributed by atoms with van der Waals surface area (Å²) >= 11 is 0. The minimum atomic E-state index is -2.45. The van der Waals surface area contributed by atoms with Gasteiger partial charge in [0.05, 0.1) is 0 Å². The molecule has 0 bridgehead atoms. The van der Waals surface area contributed by atoms with Crippen molar-refractivity contribution in [2.75, 3.05) is 0 Å². The normalized spacial score (nSPS) is 11.0. The van der Waals surface area contributed by atoms with E-state index in [4.69, 9.17) is 20.4 Å². The van der Waals surface area contributed by atoms with Crippen molar-refractivity contribution in [2.45, 2.75) is 19.3 Å². The molecule has 0 atom stereocenters. The van der Waals surface area contributed by atoms with Gasteiger partial charge in [-0.1, -0.05) is 6.92 Å². The topological polar surface area (TPSA) is 149 Å². The van der Waals surface area contributed by atoms with Gasteiger partial charge in [0.1, 0.15) is 33.9 Å². The second kappa shape index (κ2) is 8.80. The highest BCUT2D eigenvalue weighted by molar-refractivity contribution is 6.03. The maximum atomic E-state index is 14.9. The van der Waals surface area contributed by atoms with Crippen LogP contribution in [0.15, 0.2) is 0 Å². The van der Waals surface area contributed by atoms with Crippen molar-refractivity contribution in [3.63, 3.8) is 0 Å². The zero-order chi connectivity index (χ0) is 25.5. The largest absolute Gasteiger partial charge is 0.478 e. The van der Waals surface area contributed by atoms with Crippen molar-refractivity contribution in [3.05, 3.63) is 68.3 Å². The molecule has 2 aromatic carbocycles. The number of hydrogen-bond donors (Lipinski definition) is 4. The number of hydrogen-bond acceptors (Lipinski definition) is 4. The Bertz CT molecular complexity index is 1150. The van der Waals surface area contributed by atoms with Gasteiger partial charge in [-0.3, -0.25) is 0 Å². The molecule has 8 nitrogen and oxygen atoms in total. The molecule has 33 heavy (non-hydrogen) atoms. The number of carboxylic acids is 4. The summed E-state index contributed by atoms with van der Waals surface area (Å²) in [6.07, 6.45) is -0.836. The Labute approximate surface area is 178 Å². The highest BCUT2D eigenvalue weighted by Gasteiger charge is 2.40. The number of carbonyl (C=O) groups is 4. The predicted octanol–water partition coefficient (Wildman–Crippen LogP) is 3.86. The fourth-order valence-electron chi connectivity index (χ4n) is 3.32. The summed E-state index contributed by atoms with van der Waals surface area (Å²) in [6, 6.07) is 0. The summed E-state index contributed by atoms with van der Waals surface area (Å²) in [5, 5.41) is 36.0. The summed E-state index contributed by atoms with van der Waals surface area (Å²) in [7, 11) is 0. The molecule has 0 spiro atoms. The van der Waals surface area contributed by atoms with Crippen LogP contribution in [0.3, 0.4) is 0 Å². The maximum absolute atomic E-state index is 14.9. The van der Waals surface area contributed by atoms with Gasteiger partial charge >= 0.3 is 23.9 Å². The smallest absolute Gasteiger partial charge is 0.339 e. The summed E-state index contributed by atoms with van der Waals surface area (Å²) in [5.74, 6) is -26.2. The van der Waals surface area contributed by atoms with Gasteiger partial charge in [0.2, 0.25) is 0 Å². The van der Waals surface area contributed by atoms with E-state index in [-0.39, 0.29) is 0 Å². The van der Waals surface area contributed by atoms with Crippen LogP contribution in [0.1, 0.15) is 71.8 Å². The molecule has 0 radical (unpaired) electrons. The first kappa shape index (κ1) is 25.2. The van der Waals surface area contributed by atoms with Crippen LogP contribution >= 0.6 is 0 Å². The quantitative estimate of drug-likeness (QED) is 0.345. The number of rotatable bonds is 7. The summed E-state index contributed by atoms with van der Waals surface area (Å²) in [5.41, 5.74) is -11.2. The second-order valence-electron chi connectivity index (χ2n) is 6.39. The Morgan fingerprint density at radius 3 is 1.00 bits per heavy atom. The molecule has 0 amide bonds. The first-order valence-electron chi connectivity index (χ1n) is 8.54. The molecular weight excluding hydrogens is 470 g/mol. The van der Waals surface area contributed by atoms with Gasteiger partial charge in [-0.25, -0.2) is 45.5 Å².